The summed E-state index contributed by atoms with van der Waals surface area (Å²) in [5.74, 6) is 1.18. The molecule has 152 valence electrons. The molecule has 0 aliphatic rings. The minimum absolute atomic E-state index is 0.260. The van der Waals surface area contributed by atoms with Gasteiger partial charge >= 0.3 is 0 Å². The van der Waals surface area contributed by atoms with Gasteiger partial charge in [0.15, 0.2) is 4.80 Å². The molecule has 4 nitrogen and oxygen atoms in total. The molecule has 5 aromatic rings. The van der Waals surface area contributed by atoms with Crippen LogP contribution in [0.25, 0.3) is 21.0 Å². The number of carbonyl (C=O) groups excluding carboxylic acids is 1. The van der Waals surface area contributed by atoms with E-state index in [4.69, 9.17) is 4.74 Å². The molecule has 1 heterocycles. The van der Waals surface area contributed by atoms with Gasteiger partial charge in [0.2, 0.25) is 0 Å². The summed E-state index contributed by atoms with van der Waals surface area (Å²) < 4.78 is 9.05. The lowest BCUT2D eigenvalue weighted by molar-refractivity contribution is 0.0998. The van der Waals surface area contributed by atoms with Gasteiger partial charge in [0.1, 0.15) is 11.5 Å². The van der Waals surface area contributed by atoms with Crippen LogP contribution in [0.15, 0.2) is 96.0 Å². The Kier molecular flexibility index (Phi) is 5.10. The number of benzene rings is 4. The normalized spacial score (nSPS) is 11.8. The summed E-state index contributed by atoms with van der Waals surface area (Å²) in [5, 5.41) is 2.37. The molecule has 5 heteroatoms. The van der Waals surface area contributed by atoms with Crippen LogP contribution >= 0.6 is 11.3 Å². The fourth-order valence-electron chi connectivity index (χ4n) is 3.63. The predicted molar refractivity (Wildman–Crippen MR) is 126 cm³/mol. The van der Waals surface area contributed by atoms with Crippen molar-refractivity contribution in [2.45, 2.75) is 13.5 Å². The first-order valence-electron chi connectivity index (χ1n) is 10.2. The minimum atomic E-state index is -0.260. The summed E-state index contributed by atoms with van der Waals surface area (Å²) in [6.07, 6.45) is 0. The Labute approximate surface area is 183 Å². The van der Waals surface area contributed by atoms with Crippen molar-refractivity contribution in [1.29, 1.82) is 0 Å². The van der Waals surface area contributed by atoms with Crippen LogP contribution in [-0.4, -0.2) is 10.5 Å². The van der Waals surface area contributed by atoms with E-state index in [2.05, 4.69) is 40.7 Å². The third-order valence-electron chi connectivity index (χ3n) is 5.17. The lowest BCUT2D eigenvalue weighted by Crippen LogP contribution is -2.15. The lowest BCUT2D eigenvalue weighted by atomic mass is 10.1. The second kappa shape index (κ2) is 8.20. The number of thiazole rings is 1. The van der Waals surface area contributed by atoms with Crippen molar-refractivity contribution in [3.05, 3.63) is 101 Å². The van der Waals surface area contributed by atoms with E-state index < -0.39 is 0 Å². The summed E-state index contributed by atoms with van der Waals surface area (Å²) in [6, 6.07) is 29.2. The van der Waals surface area contributed by atoms with Crippen LogP contribution in [0.4, 0.5) is 0 Å². The van der Waals surface area contributed by atoms with Gasteiger partial charge < -0.3 is 9.30 Å². The van der Waals surface area contributed by atoms with E-state index >= 15 is 0 Å². The van der Waals surface area contributed by atoms with Crippen molar-refractivity contribution < 1.29 is 9.53 Å². The molecular weight excluding hydrogens is 404 g/mol. The highest BCUT2D eigenvalue weighted by atomic mass is 32.1. The number of ether oxygens (including phenoxy) is 1. The van der Waals surface area contributed by atoms with Gasteiger partial charge in [-0.05, 0) is 54.8 Å². The second-order valence-electron chi connectivity index (χ2n) is 7.12. The van der Waals surface area contributed by atoms with Crippen LogP contribution in [-0.2, 0) is 6.54 Å². The van der Waals surface area contributed by atoms with E-state index in [1.165, 1.54) is 10.8 Å². The summed E-state index contributed by atoms with van der Waals surface area (Å²) >= 11 is 1.56. The van der Waals surface area contributed by atoms with Crippen LogP contribution in [0.1, 0.15) is 17.3 Å². The Bertz CT molecular complexity index is 1450. The maximum absolute atomic E-state index is 12.9. The van der Waals surface area contributed by atoms with Crippen molar-refractivity contribution in [3.63, 3.8) is 0 Å². The number of rotatable bonds is 4. The minimum Gasteiger partial charge on any atom is -0.457 e. The number of amides is 1. The highest BCUT2D eigenvalue weighted by molar-refractivity contribution is 7.17. The largest absolute Gasteiger partial charge is 0.457 e. The zero-order valence-electron chi connectivity index (χ0n) is 17.0. The van der Waals surface area contributed by atoms with Gasteiger partial charge in [0.05, 0.1) is 10.2 Å². The highest BCUT2D eigenvalue weighted by Crippen LogP contribution is 2.27. The average molecular weight is 425 g/mol. The van der Waals surface area contributed by atoms with Crippen LogP contribution in [0.2, 0.25) is 0 Å². The molecule has 0 saturated heterocycles. The first kappa shape index (κ1) is 19.3. The van der Waals surface area contributed by atoms with Gasteiger partial charge in [0, 0.05) is 17.5 Å². The summed E-state index contributed by atoms with van der Waals surface area (Å²) in [4.78, 5) is 18.0. The zero-order valence-corrected chi connectivity index (χ0v) is 17.8. The Balaban J connectivity index is 1.50. The van der Waals surface area contributed by atoms with Crippen molar-refractivity contribution in [1.82, 2.24) is 4.57 Å². The smallest absolute Gasteiger partial charge is 0.279 e. The predicted octanol–water partition coefficient (Wildman–Crippen LogP) is 6.41. The molecule has 1 aromatic heterocycles. The summed E-state index contributed by atoms with van der Waals surface area (Å²) in [7, 11) is 0. The molecule has 5 rings (SSSR count). The first-order chi connectivity index (χ1) is 15.2. The maximum atomic E-state index is 12.9. The number of hydrogen-bond donors (Lipinski definition) is 0. The van der Waals surface area contributed by atoms with E-state index in [0.29, 0.717) is 16.1 Å². The molecule has 1 amide bonds. The van der Waals surface area contributed by atoms with E-state index in [0.717, 1.165) is 22.5 Å². The number of aromatic nitrogens is 1. The number of aryl methyl sites for hydroxylation is 1. The molecule has 4 aromatic carbocycles. The van der Waals surface area contributed by atoms with Crippen LogP contribution < -0.4 is 9.54 Å². The molecule has 0 aliphatic carbocycles. The molecule has 0 N–H and O–H groups in total. The molecule has 31 heavy (non-hydrogen) atoms. The second-order valence-corrected chi connectivity index (χ2v) is 8.10. The van der Waals surface area contributed by atoms with Gasteiger partial charge in [-0.2, -0.15) is 4.99 Å². The molecule has 0 radical (unpaired) electrons. The van der Waals surface area contributed by atoms with E-state index in [-0.39, 0.29) is 5.91 Å². The third-order valence-corrected chi connectivity index (χ3v) is 6.29. The molecule has 0 aliphatic heterocycles. The molecule has 0 bridgehead atoms. The lowest BCUT2D eigenvalue weighted by Gasteiger charge is -2.05. The van der Waals surface area contributed by atoms with Crippen molar-refractivity contribution >= 4 is 38.2 Å². The van der Waals surface area contributed by atoms with Crippen LogP contribution in [0.3, 0.4) is 0 Å². The van der Waals surface area contributed by atoms with Gasteiger partial charge in [-0.15, -0.1) is 0 Å². The van der Waals surface area contributed by atoms with Gasteiger partial charge in [-0.1, -0.05) is 59.9 Å². The Morgan fingerprint density at radius 3 is 2.35 bits per heavy atom. The third kappa shape index (κ3) is 3.76. The van der Waals surface area contributed by atoms with E-state index in [1.54, 1.807) is 35.6 Å². The van der Waals surface area contributed by atoms with Crippen LogP contribution in [0.5, 0.6) is 11.5 Å². The van der Waals surface area contributed by atoms with E-state index in [9.17, 15) is 4.79 Å². The number of carbonyl (C=O) groups is 1. The fourth-order valence-corrected chi connectivity index (χ4v) is 4.86. The SMILES string of the molecule is CCn1c(=NC(=O)c2ccc(Oc3ccccc3)cc2)sc2c3ccccc3ccc21. The molecule has 0 fully saturated rings. The number of nitrogens with zero attached hydrogens (tertiary/aromatic N) is 2. The topological polar surface area (TPSA) is 43.6 Å². The standard InChI is InChI=1S/C26H20N2O2S/c1-2-28-23-17-14-18-8-6-7-11-22(18)24(23)31-26(28)27-25(29)19-12-15-21(16-13-19)30-20-9-4-3-5-10-20/h3-17H,2H2,1H3. The van der Waals surface area contributed by atoms with Crippen molar-refractivity contribution in [2.75, 3.05) is 0 Å². The zero-order chi connectivity index (χ0) is 21.2. The number of hydrogen-bond acceptors (Lipinski definition) is 3. The molecular formula is C26H20N2O2S. The van der Waals surface area contributed by atoms with Crippen LogP contribution in [0, 0.1) is 0 Å². The monoisotopic (exact) mass is 424 g/mol. The van der Waals surface area contributed by atoms with Gasteiger partial charge in [-0.3, -0.25) is 4.79 Å². The Hall–Kier alpha value is -3.70. The Morgan fingerprint density at radius 2 is 1.58 bits per heavy atom. The summed E-state index contributed by atoms with van der Waals surface area (Å²) in [6.45, 7) is 2.81. The van der Waals surface area contributed by atoms with Crippen molar-refractivity contribution in [2.24, 2.45) is 4.99 Å². The molecule has 0 atom stereocenters. The number of para-hydroxylation sites is 1. The summed E-state index contributed by atoms with van der Waals surface area (Å²) in [5.41, 5.74) is 1.63. The average Bonchev–Trinajstić information content (AvgIpc) is 3.17. The van der Waals surface area contributed by atoms with Crippen molar-refractivity contribution in [3.8, 4) is 11.5 Å². The van der Waals surface area contributed by atoms with Gasteiger partial charge in [-0.25, -0.2) is 0 Å². The molecule has 0 saturated carbocycles. The highest BCUT2D eigenvalue weighted by Gasteiger charge is 2.11. The quantitative estimate of drug-likeness (QED) is 0.335. The Morgan fingerprint density at radius 1 is 0.871 bits per heavy atom. The first-order valence-corrected chi connectivity index (χ1v) is 11.0. The molecule has 0 spiro atoms. The fraction of sp³-hybridized carbons (Fsp3) is 0.0769. The maximum Gasteiger partial charge on any atom is 0.279 e. The molecule has 0 unspecified atom stereocenters. The number of fused-ring (bicyclic) bond motifs is 3. The van der Waals surface area contributed by atoms with Gasteiger partial charge in [0.25, 0.3) is 5.91 Å². The van der Waals surface area contributed by atoms with E-state index in [1.807, 2.05) is 42.5 Å².